The van der Waals surface area contributed by atoms with Crippen molar-refractivity contribution in [3.63, 3.8) is 0 Å². The van der Waals surface area contributed by atoms with Crippen molar-refractivity contribution in [2.75, 3.05) is 27.4 Å². The molecule has 0 unspecified atom stereocenters. The summed E-state index contributed by atoms with van der Waals surface area (Å²) in [6.07, 6.45) is -1.25. The van der Waals surface area contributed by atoms with E-state index >= 15 is 0 Å². The van der Waals surface area contributed by atoms with Crippen LogP contribution in [0.5, 0.6) is 0 Å². The molecule has 0 spiro atoms. The molecule has 0 amide bonds. The summed E-state index contributed by atoms with van der Waals surface area (Å²) in [5, 5.41) is 0. The molecule has 0 rings (SSSR count). The van der Waals surface area contributed by atoms with E-state index in [1.54, 1.807) is 13.8 Å². The van der Waals surface area contributed by atoms with E-state index in [1.165, 1.54) is 14.2 Å². The number of hydrogen-bond acceptors (Lipinski definition) is 6. The Hall–Kier alpha value is -1.46. The number of carbonyl (C=O) groups excluding carboxylic acids is 2. The van der Waals surface area contributed by atoms with Crippen LogP contribution in [-0.4, -0.2) is 39.7 Å². The standard InChI is InChI=1S/C5H10O3.C3H6O3/c1-3-7-5(6)8-4-2;1-5-3(4)6-2/h3-4H2,1-2H3;1-2H3. The molecule has 0 aliphatic rings. The van der Waals surface area contributed by atoms with Gasteiger partial charge in [-0.05, 0) is 13.8 Å². The monoisotopic (exact) mass is 208 g/mol. The molecule has 0 aliphatic carbocycles. The fourth-order valence-corrected chi connectivity index (χ4v) is 0.361. The van der Waals surface area contributed by atoms with Crippen molar-refractivity contribution in [1.29, 1.82) is 0 Å². The molecular weight excluding hydrogens is 192 g/mol. The Morgan fingerprint density at radius 1 is 0.857 bits per heavy atom. The molecule has 14 heavy (non-hydrogen) atoms. The maximum absolute atomic E-state index is 10.2. The molecule has 0 bridgehead atoms. The van der Waals surface area contributed by atoms with Gasteiger partial charge >= 0.3 is 12.3 Å². The third-order valence-electron chi connectivity index (χ3n) is 0.858. The number of ether oxygens (including phenoxy) is 4. The van der Waals surface area contributed by atoms with Crippen LogP contribution in [0.15, 0.2) is 0 Å². The SMILES string of the molecule is CCOC(=O)OCC.COC(=O)OC. The first kappa shape index (κ1) is 15.0. The van der Waals surface area contributed by atoms with Crippen molar-refractivity contribution in [1.82, 2.24) is 0 Å². The maximum Gasteiger partial charge on any atom is 0.508 e. The first-order chi connectivity index (χ1) is 6.62. The average molecular weight is 208 g/mol. The Morgan fingerprint density at radius 2 is 1.21 bits per heavy atom. The highest BCUT2D eigenvalue weighted by molar-refractivity contribution is 5.59. The van der Waals surface area contributed by atoms with Gasteiger partial charge in [-0.1, -0.05) is 0 Å². The van der Waals surface area contributed by atoms with Crippen LogP contribution in [0.25, 0.3) is 0 Å². The molecule has 84 valence electrons. The minimum atomic E-state index is -0.657. The quantitative estimate of drug-likeness (QED) is 0.641. The Morgan fingerprint density at radius 3 is 1.36 bits per heavy atom. The zero-order valence-electron chi connectivity index (χ0n) is 8.86. The molecule has 0 radical (unpaired) electrons. The third kappa shape index (κ3) is 13.2. The second-order valence-electron chi connectivity index (χ2n) is 1.77. The van der Waals surface area contributed by atoms with Gasteiger partial charge in [0.1, 0.15) is 0 Å². The zero-order valence-corrected chi connectivity index (χ0v) is 8.86. The second-order valence-corrected chi connectivity index (χ2v) is 1.77. The van der Waals surface area contributed by atoms with Gasteiger partial charge in [0, 0.05) is 0 Å². The lowest BCUT2D eigenvalue weighted by Gasteiger charge is -1.98. The molecule has 0 aliphatic heterocycles. The Balaban J connectivity index is 0. The number of carbonyl (C=O) groups is 2. The molecule has 0 aromatic heterocycles. The second kappa shape index (κ2) is 11.5. The molecule has 0 aromatic carbocycles. The summed E-state index contributed by atoms with van der Waals surface area (Å²) in [5.74, 6) is 0. The van der Waals surface area contributed by atoms with Crippen molar-refractivity contribution in [2.45, 2.75) is 13.8 Å². The van der Waals surface area contributed by atoms with E-state index in [0.717, 1.165) is 0 Å². The normalized spacial score (nSPS) is 7.71. The molecule has 0 saturated carbocycles. The lowest BCUT2D eigenvalue weighted by atomic mass is 10.8. The van der Waals surface area contributed by atoms with Crippen molar-refractivity contribution in [3.05, 3.63) is 0 Å². The van der Waals surface area contributed by atoms with E-state index in [-0.39, 0.29) is 0 Å². The maximum atomic E-state index is 10.2. The van der Waals surface area contributed by atoms with Gasteiger partial charge in [-0.25, -0.2) is 9.59 Å². The zero-order chi connectivity index (χ0) is 11.4. The number of methoxy groups -OCH3 is 2. The minimum absolute atomic E-state index is 0.374. The fourth-order valence-electron chi connectivity index (χ4n) is 0.361. The molecule has 6 heteroatoms. The van der Waals surface area contributed by atoms with Gasteiger partial charge < -0.3 is 18.9 Å². The predicted octanol–water partition coefficient (Wildman–Crippen LogP) is 1.58. The highest BCUT2D eigenvalue weighted by atomic mass is 16.7. The van der Waals surface area contributed by atoms with Gasteiger partial charge in [0.15, 0.2) is 0 Å². The Labute approximate surface area is 83.1 Å². The van der Waals surface area contributed by atoms with Crippen LogP contribution in [0.4, 0.5) is 9.59 Å². The summed E-state index contributed by atoms with van der Waals surface area (Å²) in [6.45, 7) is 4.21. The number of hydrogen-bond donors (Lipinski definition) is 0. The highest BCUT2D eigenvalue weighted by Gasteiger charge is 1.96. The van der Waals surface area contributed by atoms with Crippen LogP contribution in [-0.2, 0) is 18.9 Å². The predicted molar refractivity (Wildman–Crippen MR) is 48.1 cm³/mol. The van der Waals surface area contributed by atoms with Gasteiger partial charge in [0.05, 0.1) is 27.4 Å². The van der Waals surface area contributed by atoms with Crippen molar-refractivity contribution < 1.29 is 28.5 Å². The van der Waals surface area contributed by atoms with Crippen molar-refractivity contribution in [3.8, 4) is 0 Å². The van der Waals surface area contributed by atoms with E-state index < -0.39 is 12.3 Å². The van der Waals surface area contributed by atoms with Gasteiger partial charge in [-0.3, -0.25) is 0 Å². The molecule has 0 aromatic rings. The van der Waals surface area contributed by atoms with Gasteiger partial charge in [0.2, 0.25) is 0 Å². The lowest BCUT2D eigenvalue weighted by molar-refractivity contribution is 0.0630. The summed E-state index contributed by atoms with van der Waals surface area (Å²) in [5.41, 5.74) is 0. The lowest BCUT2D eigenvalue weighted by Crippen LogP contribution is -2.05. The van der Waals surface area contributed by atoms with Crippen molar-refractivity contribution >= 4 is 12.3 Å². The van der Waals surface area contributed by atoms with Crippen LogP contribution in [0, 0.1) is 0 Å². The van der Waals surface area contributed by atoms with Gasteiger partial charge in [-0.2, -0.15) is 0 Å². The summed E-state index contributed by atoms with van der Waals surface area (Å²) < 4.78 is 16.9. The van der Waals surface area contributed by atoms with Crippen LogP contribution in [0.1, 0.15) is 13.8 Å². The first-order valence-corrected chi connectivity index (χ1v) is 4.03. The molecule has 0 fully saturated rings. The van der Waals surface area contributed by atoms with Gasteiger partial charge in [0.25, 0.3) is 0 Å². The number of rotatable bonds is 2. The molecule has 0 atom stereocenters. The Kier molecular flexibility index (Phi) is 12.4. The van der Waals surface area contributed by atoms with Gasteiger partial charge in [-0.15, -0.1) is 0 Å². The molecule has 0 saturated heterocycles. The Bertz CT molecular complexity index is 142. The van der Waals surface area contributed by atoms with Crippen LogP contribution < -0.4 is 0 Å². The van der Waals surface area contributed by atoms with E-state index in [1.807, 2.05) is 0 Å². The first-order valence-electron chi connectivity index (χ1n) is 4.03. The molecule has 6 nitrogen and oxygen atoms in total. The summed E-state index contributed by atoms with van der Waals surface area (Å²) in [7, 11) is 2.51. The smallest absolute Gasteiger partial charge is 0.438 e. The molecular formula is C8H16O6. The van der Waals surface area contributed by atoms with Crippen LogP contribution >= 0.6 is 0 Å². The molecule has 0 N–H and O–H groups in total. The van der Waals surface area contributed by atoms with Crippen molar-refractivity contribution in [2.24, 2.45) is 0 Å². The largest absolute Gasteiger partial charge is 0.508 e. The van der Waals surface area contributed by atoms with Crippen LogP contribution in [0.2, 0.25) is 0 Å². The summed E-state index contributed by atoms with van der Waals surface area (Å²) in [4.78, 5) is 19.9. The third-order valence-corrected chi connectivity index (χ3v) is 0.858. The topological polar surface area (TPSA) is 71.1 Å². The summed E-state index contributed by atoms with van der Waals surface area (Å²) >= 11 is 0. The highest BCUT2D eigenvalue weighted by Crippen LogP contribution is 1.81. The minimum Gasteiger partial charge on any atom is -0.438 e. The fraction of sp³-hybridized carbons (Fsp3) is 0.750. The average Bonchev–Trinajstić information content (AvgIpc) is 2.18. The van der Waals surface area contributed by atoms with Crippen LogP contribution in [0.3, 0.4) is 0 Å². The van der Waals surface area contributed by atoms with E-state index in [2.05, 4.69) is 18.9 Å². The van der Waals surface area contributed by atoms with E-state index in [9.17, 15) is 9.59 Å². The summed E-state index contributed by atoms with van der Waals surface area (Å²) in [6, 6.07) is 0. The molecule has 0 heterocycles. The van der Waals surface area contributed by atoms with E-state index in [4.69, 9.17) is 0 Å². The van der Waals surface area contributed by atoms with E-state index in [0.29, 0.717) is 13.2 Å².